The van der Waals surface area contributed by atoms with Crippen LogP contribution in [0.4, 0.5) is 0 Å². The van der Waals surface area contributed by atoms with Gasteiger partial charge in [0.1, 0.15) is 5.82 Å². The first-order chi connectivity index (χ1) is 6.95. The highest BCUT2D eigenvalue weighted by molar-refractivity contribution is 5.13. The molecule has 1 saturated heterocycles. The van der Waals surface area contributed by atoms with E-state index in [9.17, 15) is 0 Å². The molecule has 0 radical (unpaired) electrons. The molecule has 76 valence electrons. The maximum atomic E-state index is 4.60. The van der Waals surface area contributed by atoms with E-state index in [2.05, 4.69) is 21.1 Å². The lowest BCUT2D eigenvalue weighted by atomic mass is 10.1. The second-order valence-corrected chi connectivity index (χ2v) is 4.41. The number of hydrogen-bond acceptors (Lipinski definition) is 2. The van der Waals surface area contributed by atoms with Crippen LogP contribution in [0.5, 0.6) is 0 Å². The summed E-state index contributed by atoms with van der Waals surface area (Å²) in [7, 11) is 0. The molecular formula is C11H17N3. The monoisotopic (exact) mass is 191 g/mol. The van der Waals surface area contributed by atoms with Crippen LogP contribution in [0.3, 0.4) is 0 Å². The van der Waals surface area contributed by atoms with E-state index in [1.807, 2.05) is 0 Å². The Balaban J connectivity index is 1.93. The largest absolute Gasteiger partial charge is 0.332 e. The minimum atomic E-state index is 0.668. The first-order valence-corrected chi connectivity index (χ1v) is 5.70. The molecular weight excluding hydrogens is 174 g/mol. The van der Waals surface area contributed by atoms with Gasteiger partial charge in [-0.2, -0.15) is 0 Å². The number of nitrogens with zero attached hydrogens (tertiary/aromatic N) is 2. The molecule has 3 rings (SSSR count). The van der Waals surface area contributed by atoms with Crippen LogP contribution in [0.25, 0.3) is 0 Å². The fourth-order valence-electron chi connectivity index (χ4n) is 2.66. The van der Waals surface area contributed by atoms with Gasteiger partial charge in [0, 0.05) is 30.9 Å². The molecule has 1 aromatic rings. The fraction of sp³-hybridized carbons (Fsp3) is 0.727. The molecule has 0 unspecified atom stereocenters. The first-order valence-electron chi connectivity index (χ1n) is 5.70. The van der Waals surface area contributed by atoms with Gasteiger partial charge in [-0.1, -0.05) is 0 Å². The van der Waals surface area contributed by atoms with Gasteiger partial charge in [-0.25, -0.2) is 4.98 Å². The molecule has 3 nitrogen and oxygen atoms in total. The summed E-state index contributed by atoms with van der Waals surface area (Å²) in [6, 6.07) is 0. The zero-order valence-electron chi connectivity index (χ0n) is 8.50. The Hall–Kier alpha value is -0.830. The van der Waals surface area contributed by atoms with Gasteiger partial charge >= 0.3 is 0 Å². The van der Waals surface area contributed by atoms with Crippen LogP contribution in [0, 0.1) is 0 Å². The van der Waals surface area contributed by atoms with Gasteiger partial charge in [-0.05, 0) is 32.2 Å². The number of nitrogens with one attached hydrogen (secondary N) is 1. The molecule has 1 N–H and O–H groups in total. The Morgan fingerprint density at radius 3 is 3.29 bits per heavy atom. The van der Waals surface area contributed by atoms with Gasteiger partial charge in [-0.15, -0.1) is 0 Å². The topological polar surface area (TPSA) is 29.9 Å². The molecule has 1 atom stereocenters. The van der Waals surface area contributed by atoms with Crippen molar-refractivity contribution < 1.29 is 0 Å². The molecule has 2 aliphatic rings. The van der Waals surface area contributed by atoms with E-state index in [1.54, 1.807) is 0 Å². The summed E-state index contributed by atoms with van der Waals surface area (Å²) in [5, 5.41) is 3.41. The summed E-state index contributed by atoms with van der Waals surface area (Å²) in [6.07, 6.45) is 7.25. The maximum Gasteiger partial charge on any atom is 0.113 e. The van der Waals surface area contributed by atoms with Gasteiger partial charge in [-0.3, -0.25) is 0 Å². The van der Waals surface area contributed by atoms with Crippen molar-refractivity contribution in [1.29, 1.82) is 0 Å². The number of fused-ring (bicyclic) bond motifs is 1. The molecule has 3 heterocycles. The summed E-state index contributed by atoms with van der Waals surface area (Å²) in [6.45, 7) is 3.48. The summed E-state index contributed by atoms with van der Waals surface area (Å²) in [5.74, 6) is 2.01. The Labute approximate surface area is 84.5 Å². The van der Waals surface area contributed by atoms with Crippen LogP contribution >= 0.6 is 0 Å². The molecule has 2 aliphatic heterocycles. The van der Waals surface area contributed by atoms with Crippen LogP contribution in [0.2, 0.25) is 0 Å². The van der Waals surface area contributed by atoms with Gasteiger partial charge in [0.25, 0.3) is 0 Å². The Bertz CT molecular complexity index is 323. The molecule has 0 spiro atoms. The third-order valence-corrected chi connectivity index (χ3v) is 3.46. The van der Waals surface area contributed by atoms with Crippen LogP contribution in [0.1, 0.15) is 36.7 Å². The van der Waals surface area contributed by atoms with E-state index in [4.69, 9.17) is 0 Å². The SMILES string of the molecule is c1nc([C@H]2CCNC2)n2c1CCCC2. The van der Waals surface area contributed by atoms with Crippen molar-refractivity contribution in [2.45, 2.75) is 38.1 Å². The fourth-order valence-corrected chi connectivity index (χ4v) is 2.66. The molecule has 3 heteroatoms. The lowest BCUT2D eigenvalue weighted by Crippen LogP contribution is -2.16. The normalized spacial score (nSPS) is 26.4. The number of aryl methyl sites for hydroxylation is 1. The predicted molar refractivity (Wildman–Crippen MR) is 55.4 cm³/mol. The second-order valence-electron chi connectivity index (χ2n) is 4.41. The van der Waals surface area contributed by atoms with Crippen molar-refractivity contribution in [1.82, 2.24) is 14.9 Å². The molecule has 0 saturated carbocycles. The van der Waals surface area contributed by atoms with E-state index in [-0.39, 0.29) is 0 Å². The van der Waals surface area contributed by atoms with E-state index in [1.165, 1.54) is 43.7 Å². The Kier molecular flexibility index (Phi) is 2.05. The van der Waals surface area contributed by atoms with E-state index < -0.39 is 0 Å². The molecule has 0 amide bonds. The van der Waals surface area contributed by atoms with Crippen LogP contribution in [0.15, 0.2) is 6.20 Å². The molecule has 0 aliphatic carbocycles. The number of aromatic nitrogens is 2. The quantitative estimate of drug-likeness (QED) is 0.725. The van der Waals surface area contributed by atoms with Crippen molar-refractivity contribution in [3.05, 3.63) is 17.7 Å². The Morgan fingerprint density at radius 2 is 2.43 bits per heavy atom. The van der Waals surface area contributed by atoms with Gasteiger partial charge in [0.15, 0.2) is 0 Å². The lowest BCUT2D eigenvalue weighted by Gasteiger charge is -2.18. The molecule has 14 heavy (non-hydrogen) atoms. The molecule has 0 bridgehead atoms. The van der Waals surface area contributed by atoms with Gasteiger partial charge in [0.2, 0.25) is 0 Å². The summed E-state index contributed by atoms with van der Waals surface area (Å²) in [5.41, 5.74) is 1.46. The molecule has 1 fully saturated rings. The summed E-state index contributed by atoms with van der Waals surface area (Å²) in [4.78, 5) is 4.60. The van der Waals surface area contributed by atoms with Crippen molar-refractivity contribution in [2.24, 2.45) is 0 Å². The van der Waals surface area contributed by atoms with Crippen molar-refractivity contribution in [2.75, 3.05) is 13.1 Å². The third-order valence-electron chi connectivity index (χ3n) is 3.46. The standard InChI is InChI=1S/C11H17N3/c1-2-6-14-10(3-1)8-13-11(14)9-4-5-12-7-9/h8-9,12H,1-7H2/t9-/m0/s1. The summed E-state index contributed by atoms with van der Waals surface area (Å²) < 4.78 is 2.46. The van der Waals surface area contributed by atoms with Gasteiger partial charge in [0.05, 0.1) is 0 Å². The third kappa shape index (κ3) is 1.27. The van der Waals surface area contributed by atoms with Crippen LogP contribution in [-0.2, 0) is 13.0 Å². The molecule has 0 aromatic carbocycles. The second kappa shape index (κ2) is 3.39. The highest BCUT2D eigenvalue weighted by atomic mass is 15.1. The lowest BCUT2D eigenvalue weighted by molar-refractivity contribution is 0.498. The average molecular weight is 191 g/mol. The van der Waals surface area contributed by atoms with Crippen molar-refractivity contribution in [3.63, 3.8) is 0 Å². The van der Waals surface area contributed by atoms with E-state index in [0.29, 0.717) is 5.92 Å². The zero-order valence-corrected chi connectivity index (χ0v) is 8.50. The molecule has 1 aromatic heterocycles. The Morgan fingerprint density at radius 1 is 1.43 bits per heavy atom. The van der Waals surface area contributed by atoms with Crippen LogP contribution < -0.4 is 5.32 Å². The minimum Gasteiger partial charge on any atom is -0.332 e. The number of imidazole rings is 1. The smallest absolute Gasteiger partial charge is 0.113 e. The number of rotatable bonds is 1. The zero-order chi connectivity index (χ0) is 9.38. The average Bonchev–Trinajstić information content (AvgIpc) is 2.85. The van der Waals surface area contributed by atoms with E-state index >= 15 is 0 Å². The highest BCUT2D eigenvalue weighted by Gasteiger charge is 2.23. The highest BCUT2D eigenvalue weighted by Crippen LogP contribution is 2.25. The summed E-state index contributed by atoms with van der Waals surface area (Å²) >= 11 is 0. The predicted octanol–water partition coefficient (Wildman–Crippen LogP) is 1.30. The van der Waals surface area contributed by atoms with E-state index in [0.717, 1.165) is 13.1 Å². The van der Waals surface area contributed by atoms with Gasteiger partial charge < -0.3 is 9.88 Å². The van der Waals surface area contributed by atoms with Crippen molar-refractivity contribution >= 4 is 0 Å². The van der Waals surface area contributed by atoms with Crippen LogP contribution in [-0.4, -0.2) is 22.6 Å². The minimum absolute atomic E-state index is 0.668. The first kappa shape index (κ1) is 8.48. The van der Waals surface area contributed by atoms with Crippen molar-refractivity contribution in [3.8, 4) is 0 Å². The maximum absolute atomic E-state index is 4.60. The number of hydrogen-bond donors (Lipinski definition) is 1.